The molecule has 0 saturated heterocycles. The predicted molar refractivity (Wildman–Crippen MR) is 117 cm³/mol. The minimum absolute atomic E-state index is 0.0411. The second-order valence-corrected chi connectivity index (χ2v) is 7.25. The highest BCUT2D eigenvalue weighted by atomic mass is 16.5. The fourth-order valence-electron chi connectivity index (χ4n) is 3.41. The topological polar surface area (TPSA) is 102 Å². The number of hydrogen-bond donors (Lipinski definition) is 1. The third-order valence-corrected chi connectivity index (χ3v) is 5.12. The van der Waals surface area contributed by atoms with Gasteiger partial charge in [0, 0.05) is 17.7 Å². The van der Waals surface area contributed by atoms with Crippen LogP contribution >= 0.6 is 0 Å². The number of aryl methyl sites for hydroxylation is 1. The summed E-state index contributed by atoms with van der Waals surface area (Å²) in [6, 6.07) is 13.3. The Hall–Kier alpha value is -3.81. The van der Waals surface area contributed by atoms with Gasteiger partial charge in [-0.2, -0.15) is 0 Å². The van der Waals surface area contributed by atoms with Gasteiger partial charge in [-0.1, -0.05) is 30.3 Å². The van der Waals surface area contributed by atoms with Gasteiger partial charge in [0.2, 0.25) is 5.89 Å². The normalized spacial score (nSPS) is 10.6. The molecule has 0 atom stereocenters. The van der Waals surface area contributed by atoms with E-state index in [0.717, 1.165) is 18.2 Å². The van der Waals surface area contributed by atoms with E-state index in [9.17, 15) is 9.59 Å². The largest absolute Gasteiger partial charge is 0.496 e. The Balaban J connectivity index is 1.84. The number of carbonyl (C=O) groups excluding carboxylic acids is 1. The molecule has 8 nitrogen and oxygen atoms in total. The number of hydrogen-bond acceptors (Lipinski definition) is 6. The van der Waals surface area contributed by atoms with Crippen molar-refractivity contribution in [1.29, 1.82) is 0 Å². The number of carboxylic acids is 1. The van der Waals surface area contributed by atoms with Crippen LogP contribution in [0.3, 0.4) is 0 Å². The van der Waals surface area contributed by atoms with Gasteiger partial charge >= 0.3 is 5.97 Å². The Morgan fingerprint density at radius 3 is 2.31 bits per heavy atom. The number of rotatable bonds is 10. The quantitative estimate of drug-likeness (QED) is 0.511. The third-order valence-electron chi connectivity index (χ3n) is 5.12. The minimum atomic E-state index is -1.19. The lowest BCUT2D eigenvalue weighted by Gasteiger charge is -2.22. The zero-order chi connectivity index (χ0) is 23.1. The van der Waals surface area contributed by atoms with Crippen molar-refractivity contribution in [2.45, 2.75) is 26.3 Å². The Bertz CT molecular complexity index is 1050. The first kappa shape index (κ1) is 22.9. The van der Waals surface area contributed by atoms with E-state index in [4.69, 9.17) is 19.0 Å². The average molecular weight is 438 g/mol. The van der Waals surface area contributed by atoms with E-state index in [-0.39, 0.29) is 24.0 Å². The zero-order valence-corrected chi connectivity index (χ0v) is 18.3. The molecule has 0 unspecified atom stereocenters. The van der Waals surface area contributed by atoms with Gasteiger partial charge < -0.3 is 23.9 Å². The molecule has 0 fully saturated rings. The maximum atomic E-state index is 13.4. The summed E-state index contributed by atoms with van der Waals surface area (Å²) in [4.78, 5) is 30.1. The van der Waals surface area contributed by atoms with Crippen molar-refractivity contribution in [3.63, 3.8) is 0 Å². The SMILES string of the molecule is COc1cc(C(=O)N(CCCc2ccccc2)Cc2nc(C(=O)O)co2)cc(OC)c1C. The lowest BCUT2D eigenvalue weighted by molar-refractivity contribution is 0.0690. The second-order valence-electron chi connectivity index (χ2n) is 7.25. The van der Waals surface area contributed by atoms with Crippen LogP contribution in [0, 0.1) is 6.92 Å². The van der Waals surface area contributed by atoms with E-state index in [2.05, 4.69) is 4.98 Å². The van der Waals surface area contributed by atoms with Crippen molar-refractivity contribution in [3.05, 3.63) is 77.0 Å². The van der Waals surface area contributed by atoms with Crippen molar-refractivity contribution in [3.8, 4) is 11.5 Å². The predicted octanol–water partition coefficient (Wildman–Crippen LogP) is 3.97. The highest BCUT2D eigenvalue weighted by Crippen LogP contribution is 2.30. The summed E-state index contributed by atoms with van der Waals surface area (Å²) in [6.45, 7) is 2.32. The van der Waals surface area contributed by atoms with Crippen LogP contribution < -0.4 is 9.47 Å². The van der Waals surface area contributed by atoms with Gasteiger partial charge in [0.05, 0.1) is 20.8 Å². The van der Waals surface area contributed by atoms with Crippen LogP contribution in [0.5, 0.6) is 11.5 Å². The van der Waals surface area contributed by atoms with Gasteiger partial charge in [-0.25, -0.2) is 9.78 Å². The lowest BCUT2D eigenvalue weighted by Crippen LogP contribution is -2.32. The molecule has 0 radical (unpaired) electrons. The highest BCUT2D eigenvalue weighted by molar-refractivity contribution is 5.95. The van der Waals surface area contributed by atoms with E-state index in [0.29, 0.717) is 30.0 Å². The summed E-state index contributed by atoms with van der Waals surface area (Å²) in [5, 5.41) is 9.10. The molecule has 0 aliphatic carbocycles. The van der Waals surface area contributed by atoms with Crippen molar-refractivity contribution in [2.75, 3.05) is 20.8 Å². The number of oxazole rings is 1. The first-order valence-electron chi connectivity index (χ1n) is 10.2. The molecule has 0 aliphatic rings. The third kappa shape index (κ3) is 5.46. The molecule has 0 aliphatic heterocycles. The summed E-state index contributed by atoms with van der Waals surface area (Å²) in [7, 11) is 3.07. The molecule has 168 valence electrons. The number of methoxy groups -OCH3 is 2. The van der Waals surface area contributed by atoms with Crippen LogP contribution in [0.15, 0.2) is 53.1 Å². The fraction of sp³-hybridized carbons (Fsp3) is 0.292. The van der Waals surface area contributed by atoms with Crippen LogP contribution in [-0.4, -0.2) is 47.6 Å². The first-order chi connectivity index (χ1) is 15.4. The second kappa shape index (κ2) is 10.5. The molecule has 0 bridgehead atoms. The molecule has 1 heterocycles. The summed E-state index contributed by atoms with van der Waals surface area (Å²) in [5.74, 6) is -0.205. The van der Waals surface area contributed by atoms with Gasteiger partial charge in [-0.3, -0.25) is 4.79 Å². The number of amides is 1. The standard InChI is InChI=1S/C24H26N2O6/c1-16-20(30-2)12-18(13-21(16)31-3)23(27)26(11-7-10-17-8-5-4-6-9-17)14-22-25-19(15-32-22)24(28)29/h4-6,8-9,12-13,15H,7,10-11,14H2,1-3H3,(H,28,29). The summed E-state index contributed by atoms with van der Waals surface area (Å²) >= 11 is 0. The number of aromatic carboxylic acids is 1. The van der Waals surface area contributed by atoms with E-state index in [1.807, 2.05) is 37.3 Å². The summed E-state index contributed by atoms with van der Waals surface area (Å²) in [5.41, 5.74) is 2.16. The smallest absolute Gasteiger partial charge is 0.357 e. The van der Waals surface area contributed by atoms with Crippen LogP contribution in [0.4, 0.5) is 0 Å². The van der Waals surface area contributed by atoms with Gasteiger partial charge in [0.1, 0.15) is 17.8 Å². The molecule has 2 aromatic carbocycles. The maximum Gasteiger partial charge on any atom is 0.357 e. The van der Waals surface area contributed by atoms with E-state index in [1.54, 1.807) is 17.0 Å². The molecule has 3 rings (SSSR count). The van der Waals surface area contributed by atoms with Gasteiger partial charge in [0.25, 0.3) is 5.91 Å². The summed E-state index contributed by atoms with van der Waals surface area (Å²) < 4.78 is 16.1. The van der Waals surface area contributed by atoms with Crippen LogP contribution in [0.1, 0.15) is 44.3 Å². The van der Waals surface area contributed by atoms with E-state index < -0.39 is 5.97 Å². The number of ether oxygens (including phenoxy) is 2. The molecular weight excluding hydrogens is 412 g/mol. The molecule has 8 heteroatoms. The van der Waals surface area contributed by atoms with Crippen molar-refractivity contribution < 1.29 is 28.6 Å². The minimum Gasteiger partial charge on any atom is -0.496 e. The number of carbonyl (C=O) groups is 2. The molecule has 1 amide bonds. The first-order valence-corrected chi connectivity index (χ1v) is 10.2. The number of aromatic nitrogens is 1. The lowest BCUT2D eigenvalue weighted by atomic mass is 10.1. The van der Waals surface area contributed by atoms with Crippen molar-refractivity contribution >= 4 is 11.9 Å². The molecule has 0 spiro atoms. The molecular formula is C24H26N2O6. The number of nitrogens with zero attached hydrogens (tertiary/aromatic N) is 2. The Morgan fingerprint density at radius 1 is 1.09 bits per heavy atom. The van der Waals surface area contributed by atoms with E-state index >= 15 is 0 Å². The van der Waals surface area contributed by atoms with Crippen LogP contribution in [0.25, 0.3) is 0 Å². The van der Waals surface area contributed by atoms with Crippen molar-refractivity contribution in [1.82, 2.24) is 9.88 Å². The van der Waals surface area contributed by atoms with Gasteiger partial charge in [0.15, 0.2) is 5.69 Å². The highest BCUT2D eigenvalue weighted by Gasteiger charge is 2.22. The Morgan fingerprint density at radius 2 is 1.75 bits per heavy atom. The molecule has 32 heavy (non-hydrogen) atoms. The van der Waals surface area contributed by atoms with Crippen LogP contribution in [-0.2, 0) is 13.0 Å². The van der Waals surface area contributed by atoms with Crippen LogP contribution in [0.2, 0.25) is 0 Å². The number of carboxylic acid groups (broad SMARTS) is 1. The van der Waals surface area contributed by atoms with Gasteiger partial charge in [-0.05, 0) is 37.5 Å². The molecule has 1 aromatic heterocycles. The zero-order valence-electron chi connectivity index (χ0n) is 18.3. The average Bonchev–Trinajstić information content (AvgIpc) is 3.28. The number of benzene rings is 2. The Kier molecular flexibility index (Phi) is 7.49. The molecule has 0 saturated carbocycles. The molecule has 3 aromatic rings. The van der Waals surface area contributed by atoms with Gasteiger partial charge in [-0.15, -0.1) is 0 Å². The fourth-order valence-corrected chi connectivity index (χ4v) is 3.41. The Labute approximate surface area is 186 Å². The summed E-state index contributed by atoms with van der Waals surface area (Å²) in [6.07, 6.45) is 2.57. The maximum absolute atomic E-state index is 13.4. The van der Waals surface area contributed by atoms with E-state index in [1.165, 1.54) is 19.8 Å². The monoisotopic (exact) mass is 438 g/mol. The molecule has 1 N–H and O–H groups in total. The van der Waals surface area contributed by atoms with Crippen molar-refractivity contribution in [2.24, 2.45) is 0 Å².